The van der Waals surface area contributed by atoms with Crippen molar-refractivity contribution in [2.75, 3.05) is 5.32 Å². The molecule has 2 rings (SSSR count). The van der Waals surface area contributed by atoms with Crippen LogP contribution in [0.1, 0.15) is 11.1 Å². The van der Waals surface area contributed by atoms with Gasteiger partial charge in [0.15, 0.2) is 0 Å². The van der Waals surface area contributed by atoms with Gasteiger partial charge in [-0.15, -0.1) is 0 Å². The van der Waals surface area contributed by atoms with Gasteiger partial charge in [-0.05, 0) is 36.2 Å². The number of nitrogens with zero attached hydrogens (tertiary/aromatic N) is 1. The second kappa shape index (κ2) is 5.38. The Morgan fingerprint density at radius 1 is 1.21 bits per heavy atom. The van der Waals surface area contributed by atoms with Crippen molar-refractivity contribution in [2.45, 2.75) is 18.4 Å². The van der Waals surface area contributed by atoms with Crippen LogP contribution < -0.4 is 10.5 Å². The van der Waals surface area contributed by atoms with Crippen LogP contribution in [0.25, 0.3) is 0 Å². The second-order valence-electron chi connectivity index (χ2n) is 4.21. The van der Waals surface area contributed by atoms with Gasteiger partial charge < -0.3 is 5.32 Å². The highest BCUT2D eigenvalue weighted by molar-refractivity contribution is 7.89. The number of aryl methyl sites for hydroxylation is 1. The van der Waals surface area contributed by atoms with Gasteiger partial charge in [-0.3, -0.25) is 0 Å². The van der Waals surface area contributed by atoms with E-state index in [1.165, 1.54) is 12.1 Å². The molecule has 0 amide bonds. The van der Waals surface area contributed by atoms with Crippen molar-refractivity contribution in [2.24, 2.45) is 5.14 Å². The first-order chi connectivity index (χ1) is 8.97. The first-order valence-corrected chi connectivity index (χ1v) is 7.29. The van der Waals surface area contributed by atoms with E-state index in [4.69, 9.17) is 5.14 Å². The Labute approximate surface area is 112 Å². The SMILES string of the molecule is Cc1cccnc1NCc1ccc(S(N)(=O)=O)cc1. The Morgan fingerprint density at radius 2 is 1.89 bits per heavy atom. The van der Waals surface area contributed by atoms with Gasteiger partial charge in [0.2, 0.25) is 10.0 Å². The van der Waals surface area contributed by atoms with E-state index < -0.39 is 10.0 Å². The van der Waals surface area contributed by atoms with Crippen LogP contribution in [0.3, 0.4) is 0 Å². The second-order valence-corrected chi connectivity index (χ2v) is 5.77. The van der Waals surface area contributed by atoms with Gasteiger partial charge in [0.05, 0.1) is 4.90 Å². The number of hydrogen-bond acceptors (Lipinski definition) is 4. The Kier molecular flexibility index (Phi) is 3.82. The molecular weight excluding hydrogens is 262 g/mol. The molecule has 0 fully saturated rings. The van der Waals surface area contributed by atoms with Crippen LogP contribution in [0.2, 0.25) is 0 Å². The molecule has 1 heterocycles. The molecule has 5 nitrogen and oxygen atoms in total. The zero-order valence-corrected chi connectivity index (χ0v) is 11.3. The molecule has 0 saturated carbocycles. The summed E-state index contributed by atoms with van der Waals surface area (Å²) in [6.45, 7) is 2.54. The maximum absolute atomic E-state index is 11.1. The number of hydrogen-bond donors (Lipinski definition) is 2. The van der Waals surface area contributed by atoms with Crippen LogP contribution in [0, 0.1) is 6.92 Å². The fourth-order valence-corrected chi connectivity index (χ4v) is 2.17. The zero-order valence-electron chi connectivity index (χ0n) is 10.5. The van der Waals surface area contributed by atoms with Gasteiger partial charge in [0, 0.05) is 12.7 Å². The lowest BCUT2D eigenvalue weighted by Crippen LogP contribution is -2.12. The molecule has 2 aromatic rings. The molecule has 1 aromatic heterocycles. The quantitative estimate of drug-likeness (QED) is 0.889. The average Bonchev–Trinajstić information content (AvgIpc) is 2.37. The highest BCUT2D eigenvalue weighted by Crippen LogP contribution is 2.13. The van der Waals surface area contributed by atoms with E-state index in [9.17, 15) is 8.42 Å². The van der Waals surface area contributed by atoms with Gasteiger partial charge in [-0.25, -0.2) is 18.5 Å². The van der Waals surface area contributed by atoms with Crippen LogP contribution in [0.15, 0.2) is 47.5 Å². The molecule has 0 atom stereocenters. The van der Waals surface area contributed by atoms with Crippen LogP contribution in [-0.4, -0.2) is 13.4 Å². The minimum atomic E-state index is -3.63. The summed E-state index contributed by atoms with van der Waals surface area (Å²) in [4.78, 5) is 4.34. The van der Waals surface area contributed by atoms with Crippen molar-refractivity contribution in [3.8, 4) is 0 Å². The smallest absolute Gasteiger partial charge is 0.238 e. The largest absolute Gasteiger partial charge is 0.366 e. The molecule has 3 N–H and O–H groups in total. The molecular formula is C13H15N3O2S. The van der Waals surface area contributed by atoms with E-state index in [0.29, 0.717) is 6.54 Å². The minimum Gasteiger partial charge on any atom is -0.366 e. The van der Waals surface area contributed by atoms with E-state index in [1.807, 2.05) is 19.1 Å². The number of sulfonamides is 1. The van der Waals surface area contributed by atoms with Crippen molar-refractivity contribution in [3.63, 3.8) is 0 Å². The number of benzene rings is 1. The van der Waals surface area contributed by atoms with Crippen molar-refractivity contribution in [1.82, 2.24) is 4.98 Å². The molecule has 19 heavy (non-hydrogen) atoms. The van der Waals surface area contributed by atoms with Crippen LogP contribution in [0.5, 0.6) is 0 Å². The molecule has 6 heteroatoms. The number of aromatic nitrogens is 1. The zero-order chi connectivity index (χ0) is 13.9. The number of anilines is 1. The summed E-state index contributed by atoms with van der Waals surface area (Å²) in [7, 11) is -3.63. The van der Waals surface area contributed by atoms with Crippen LogP contribution >= 0.6 is 0 Å². The Hall–Kier alpha value is -1.92. The van der Waals surface area contributed by atoms with Crippen LogP contribution in [-0.2, 0) is 16.6 Å². The Morgan fingerprint density at radius 3 is 2.47 bits per heavy atom. The third-order valence-electron chi connectivity index (χ3n) is 2.72. The number of primary sulfonamides is 1. The molecule has 0 bridgehead atoms. The van der Waals surface area contributed by atoms with E-state index in [-0.39, 0.29) is 4.90 Å². The monoisotopic (exact) mass is 277 g/mol. The predicted octanol–water partition coefficient (Wildman–Crippen LogP) is 1.65. The van der Waals surface area contributed by atoms with Crippen molar-refractivity contribution >= 4 is 15.8 Å². The predicted molar refractivity (Wildman–Crippen MR) is 74.1 cm³/mol. The molecule has 0 spiro atoms. The molecule has 0 aliphatic rings. The Bertz CT molecular complexity index is 667. The summed E-state index contributed by atoms with van der Waals surface area (Å²) < 4.78 is 22.2. The molecule has 0 aliphatic heterocycles. The standard InChI is InChI=1S/C13H15N3O2S/c1-10-3-2-8-15-13(10)16-9-11-4-6-12(7-5-11)19(14,17)18/h2-8H,9H2,1H3,(H,15,16)(H2,14,17,18). The van der Waals surface area contributed by atoms with Gasteiger partial charge in [0.25, 0.3) is 0 Å². The summed E-state index contributed by atoms with van der Waals surface area (Å²) in [6.07, 6.45) is 1.72. The summed E-state index contributed by atoms with van der Waals surface area (Å²) in [5.41, 5.74) is 2.01. The first kappa shape index (κ1) is 13.5. The molecule has 100 valence electrons. The average molecular weight is 277 g/mol. The van der Waals surface area contributed by atoms with Gasteiger partial charge in [0.1, 0.15) is 5.82 Å². The lowest BCUT2D eigenvalue weighted by molar-refractivity contribution is 0.598. The topological polar surface area (TPSA) is 85.1 Å². The highest BCUT2D eigenvalue weighted by atomic mass is 32.2. The van der Waals surface area contributed by atoms with E-state index in [2.05, 4.69) is 10.3 Å². The Balaban J connectivity index is 2.07. The summed E-state index contributed by atoms with van der Waals surface area (Å²) in [6, 6.07) is 10.3. The van der Waals surface area contributed by atoms with E-state index >= 15 is 0 Å². The summed E-state index contributed by atoms with van der Waals surface area (Å²) >= 11 is 0. The number of nitrogens with two attached hydrogens (primary N) is 1. The number of rotatable bonds is 4. The first-order valence-electron chi connectivity index (χ1n) is 5.74. The molecule has 0 saturated heterocycles. The normalized spacial score (nSPS) is 11.3. The van der Waals surface area contributed by atoms with Gasteiger partial charge >= 0.3 is 0 Å². The maximum atomic E-state index is 11.1. The lowest BCUT2D eigenvalue weighted by atomic mass is 10.2. The minimum absolute atomic E-state index is 0.116. The van der Waals surface area contributed by atoms with E-state index in [0.717, 1.165) is 16.9 Å². The third-order valence-corrected chi connectivity index (χ3v) is 3.65. The summed E-state index contributed by atoms with van der Waals surface area (Å²) in [5, 5.41) is 8.23. The van der Waals surface area contributed by atoms with Gasteiger partial charge in [-0.1, -0.05) is 18.2 Å². The maximum Gasteiger partial charge on any atom is 0.238 e. The molecule has 0 unspecified atom stereocenters. The van der Waals surface area contributed by atoms with Crippen molar-refractivity contribution in [3.05, 3.63) is 53.7 Å². The van der Waals surface area contributed by atoms with Gasteiger partial charge in [-0.2, -0.15) is 0 Å². The molecule has 0 radical (unpaired) electrons. The highest BCUT2D eigenvalue weighted by Gasteiger charge is 2.06. The van der Waals surface area contributed by atoms with Crippen molar-refractivity contribution < 1.29 is 8.42 Å². The number of nitrogens with one attached hydrogen (secondary N) is 1. The van der Waals surface area contributed by atoms with E-state index in [1.54, 1.807) is 18.3 Å². The number of pyridine rings is 1. The third kappa shape index (κ3) is 3.52. The summed E-state index contributed by atoms with van der Waals surface area (Å²) in [5.74, 6) is 0.818. The fourth-order valence-electron chi connectivity index (χ4n) is 1.65. The van der Waals surface area contributed by atoms with Crippen LogP contribution in [0.4, 0.5) is 5.82 Å². The fraction of sp³-hybridized carbons (Fsp3) is 0.154. The molecule has 1 aromatic carbocycles. The lowest BCUT2D eigenvalue weighted by Gasteiger charge is -2.08. The molecule has 0 aliphatic carbocycles. The van der Waals surface area contributed by atoms with Crippen molar-refractivity contribution in [1.29, 1.82) is 0 Å².